The first-order valence-electron chi connectivity index (χ1n) is 7.03. The smallest absolute Gasteiger partial charge is 0.192 e. The lowest BCUT2D eigenvalue weighted by Gasteiger charge is -2.17. The van der Waals surface area contributed by atoms with Crippen molar-refractivity contribution in [2.24, 2.45) is 7.05 Å². The highest BCUT2D eigenvalue weighted by Crippen LogP contribution is 2.30. The molecule has 106 valence electrons. The van der Waals surface area contributed by atoms with Gasteiger partial charge in [0.2, 0.25) is 5.03 Å². The van der Waals surface area contributed by atoms with Crippen molar-refractivity contribution in [2.45, 2.75) is 50.0 Å². The maximum atomic E-state index is 2.32. The van der Waals surface area contributed by atoms with E-state index < -0.39 is 0 Å². The Hall–Kier alpha value is -1.28. The van der Waals surface area contributed by atoms with Crippen molar-refractivity contribution in [3.05, 3.63) is 53.2 Å². The first kappa shape index (κ1) is 15.1. The zero-order valence-electron chi connectivity index (χ0n) is 13.3. The van der Waals surface area contributed by atoms with Crippen LogP contribution in [0.1, 0.15) is 37.6 Å². The van der Waals surface area contributed by atoms with Gasteiger partial charge in [-0.15, -0.1) is 0 Å². The minimum atomic E-state index is 0.155. The van der Waals surface area contributed by atoms with Crippen LogP contribution in [0.3, 0.4) is 0 Å². The van der Waals surface area contributed by atoms with E-state index in [-0.39, 0.29) is 5.41 Å². The van der Waals surface area contributed by atoms with Gasteiger partial charge in [0.05, 0.1) is 0 Å². The third-order valence-corrected chi connectivity index (χ3v) is 4.76. The first-order chi connectivity index (χ1) is 9.29. The van der Waals surface area contributed by atoms with E-state index in [2.05, 4.69) is 82.6 Å². The molecule has 1 aromatic carbocycles. The molecule has 0 unspecified atom stereocenters. The third kappa shape index (κ3) is 3.24. The standard InChI is InChI=1S/C18H24NS/c1-13-11-16(18(3,4)5)19(6)17(12-13)20-15-10-8-7-9-14(15)2/h7-12H,1-6H3/q+1. The van der Waals surface area contributed by atoms with Gasteiger partial charge in [0, 0.05) is 22.4 Å². The summed E-state index contributed by atoms with van der Waals surface area (Å²) in [6, 6.07) is 13.1. The van der Waals surface area contributed by atoms with Crippen LogP contribution in [0.2, 0.25) is 0 Å². The number of aryl methyl sites for hydroxylation is 2. The van der Waals surface area contributed by atoms with Crippen molar-refractivity contribution < 1.29 is 4.57 Å². The Bertz CT molecular complexity index is 624. The molecule has 1 heterocycles. The molecule has 1 nitrogen and oxygen atoms in total. The predicted octanol–water partition coefficient (Wildman–Crippen LogP) is 4.58. The Morgan fingerprint density at radius 2 is 1.65 bits per heavy atom. The van der Waals surface area contributed by atoms with Gasteiger partial charge >= 0.3 is 0 Å². The van der Waals surface area contributed by atoms with E-state index in [1.165, 1.54) is 26.7 Å². The van der Waals surface area contributed by atoms with Crippen LogP contribution >= 0.6 is 11.8 Å². The van der Waals surface area contributed by atoms with Gasteiger partial charge in [0.1, 0.15) is 7.05 Å². The van der Waals surface area contributed by atoms with E-state index in [1.807, 2.05) is 11.8 Å². The van der Waals surface area contributed by atoms with Crippen molar-refractivity contribution in [3.8, 4) is 0 Å². The third-order valence-electron chi connectivity index (χ3n) is 3.48. The molecule has 0 amide bonds. The number of hydrogen-bond donors (Lipinski definition) is 0. The molecule has 0 aliphatic rings. The summed E-state index contributed by atoms with van der Waals surface area (Å²) in [6.07, 6.45) is 0. The molecule has 0 atom stereocenters. The molecule has 0 bridgehead atoms. The van der Waals surface area contributed by atoms with Crippen LogP contribution in [-0.2, 0) is 12.5 Å². The van der Waals surface area contributed by atoms with Gasteiger partial charge in [-0.05, 0) is 42.8 Å². The quantitative estimate of drug-likeness (QED) is 0.731. The minimum Gasteiger partial charge on any atom is -0.192 e. The fourth-order valence-corrected chi connectivity index (χ4v) is 3.45. The summed E-state index contributed by atoms with van der Waals surface area (Å²) in [5, 5.41) is 1.30. The number of rotatable bonds is 2. The fraction of sp³-hybridized carbons (Fsp3) is 0.389. The molecule has 0 spiro atoms. The summed E-state index contributed by atoms with van der Waals surface area (Å²) in [5.74, 6) is 0. The maximum absolute atomic E-state index is 2.32. The summed E-state index contributed by atoms with van der Waals surface area (Å²) in [7, 11) is 2.17. The molecule has 1 aromatic heterocycles. The van der Waals surface area contributed by atoms with Crippen LogP contribution in [0.5, 0.6) is 0 Å². The summed E-state index contributed by atoms with van der Waals surface area (Å²) in [4.78, 5) is 1.33. The Morgan fingerprint density at radius 1 is 1.00 bits per heavy atom. The molecule has 0 saturated carbocycles. The lowest BCUT2D eigenvalue weighted by atomic mass is 9.90. The lowest BCUT2D eigenvalue weighted by molar-refractivity contribution is -0.719. The molecule has 2 aromatic rings. The Balaban J connectivity index is 2.48. The fourth-order valence-electron chi connectivity index (χ4n) is 2.37. The number of hydrogen-bond acceptors (Lipinski definition) is 1. The monoisotopic (exact) mass is 286 g/mol. The van der Waals surface area contributed by atoms with E-state index in [0.717, 1.165) is 0 Å². The average Bonchev–Trinajstić information content (AvgIpc) is 2.34. The second-order valence-electron chi connectivity index (χ2n) is 6.43. The van der Waals surface area contributed by atoms with E-state index in [0.29, 0.717) is 0 Å². The highest BCUT2D eigenvalue weighted by Gasteiger charge is 2.26. The van der Waals surface area contributed by atoms with Gasteiger partial charge in [-0.2, -0.15) is 4.57 Å². The van der Waals surface area contributed by atoms with E-state index >= 15 is 0 Å². The number of benzene rings is 1. The molecule has 0 aliphatic heterocycles. The van der Waals surface area contributed by atoms with Crippen molar-refractivity contribution in [3.63, 3.8) is 0 Å². The zero-order valence-corrected chi connectivity index (χ0v) is 14.1. The molecule has 0 aliphatic carbocycles. The number of pyridine rings is 1. The van der Waals surface area contributed by atoms with Gasteiger partial charge in [-0.25, -0.2) is 0 Å². The zero-order chi connectivity index (χ0) is 14.9. The molecule has 0 radical (unpaired) electrons. The van der Waals surface area contributed by atoms with Crippen molar-refractivity contribution >= 4 is 11.8 Å². The summed E-state index contributed by atoms with van der Waals surface area (Å²) in [6.45, 7) is 11.2. The van der Waals surface area contributed by atoms with Crippen LogP contribution < -0.4 is 4.57 Å². The molecule has 0 fully saturated rings. The van der Waals surface area contributed by atoms with Crippen LogP contribution in [0.15, 0.2) is 46.3 Å². The predicted molar refractivity (Wildman–Crippen MR) is 86.4 cm³/mol. The molecule has 20 heavy (non-hydrogen) atoms. The van der Waals surface area contributed by atoms with Crippen LogP contribution in [0.25, 0.3) is 0 Å². The summed E-state index contributed by atoms with van der Waals surface area (Å²) in [5.41, 5.74) is 4.18. The summed E-state index contributed by atoms with van der Waals surface area (Å²) >= 11 is 1.85. The van der Waals surface area contributed by atoms with E-state index in [1.54, 1.807) is 0 Å². The van der Waals surface area contributed by atoms with Gasteiger partial charge in [-0.1, -0.05) is 39.0 Å². The lowest BCUT2D eigenvalue weighted by Crippen LogP contribution is -2.41. The second-order valence-corrected chi connectivity index (χ2v) is 7.49. The molecule has 0 saturated heterocycles. The topological polar surface area (TPSA) is 3.88 Å². The molecule has 2 heteroatoms. The highest BCUT2D eigenvalue weighted by molar-refractivity contribution is 7.99. The average molecular weight is 286 g/mol. The molecular formula is C18H24NS+. The van der Waals surface area contributed by atoms with Gasteiger partial charge in [-0.3, -0.25) is 0 Å². The number of nitrogens with zero attached hydrogens (tertiary/aromatic N) is 1. The normalized spacial score (nSPS) is 11.7. The Labute approximate surface area is 127 Å². The van der Waals surface area contributed by atoms with Crippen molar-refractivity contribution in [1.82, 2.24) is 0 Å². The van der Waals surface area contributed by atoms with Crippen molar-refractivity contribution in [1.29, 1.82) is 0 Å². The SMILES string of the molecule is Cc1cc(Sc2ccccc2C)[n+](C)c(C(C)(C)C)c1. The van der Waals surface area contributed by atoms with Crippen LogP contribution in [0, 0.1) is 13.8 Å². The number of aromatic nitrogens is 1. The van der Waals surface area contributed by atoms with Crippen molar-refractivity contribution in [2.75, 3.05) is 0 Å². The minimum absolute atomic E-state index is 0.155. The van der Waals surface area contributed by atoms with Gasteiger partial charge < -0.3 is 0 Å². The van der Waals surface area contributed by atoms with E-state index in [9.17, 15) is 0 Å². The molecular weight excluding hydrogens is 262 g/mol. The van der Waals surface area contributed by atoms with Crippen LogP contribution in [-0.4, -0.2) is 0 Å². The Kier molecular flexibility index (Phi) is 4.24. The largest absolute Gasteiger partial charge is 0.245 e. The van der Waals surface area contributed by atoms with E-state index in [4.69, 9.17) is 0 Å². The summed E-state index contributed by atoms with van der Waals surface area (Å²) < 4.78 is 2.32. The molecule has 0 N–H and O–H groups in total. The second kappa shape index (κ2) is 5.61. The highest BCUT2D eigenvalue weighted by atomic mass is 32.2. The maximum Gasteiger partial charge on any atom is 0.245 e. The molecule has 2 rings (SSSR count). The Morgan fingerprint density at radius 3 is 2.25 bits per heavy atom. The van der Waals surface area contributed by atoms with Gasteiger partial charge in [0.15, 0.2) is 5.69 Å². The van der Waals surface area contributed by atoms with Gasteiger partial charge in [0.25, 0.3) is 0 Å². The van der Waals surface area contributed by atoms with Crippen LogP contribution in [0.4, 0.5) is 0 Å². The first-order valence-corrected chi connectivity index (χ1v) is 7.85.